The van der Waals surface area contributed by atoms with E-state index in [4.69, 9.17) is 4.74 Å². The lowest BCUT2D eigenvalue weighted by atomic mass is 9.74. The van der Waals surface area contributed by atoms with Gasteiger partial charge in [-0.3, -0.25) is 9.69 Å². The van der Waals surface area contributed by atoms with Gasteiger partial charge >= 0.3 is 0 Å². The normalized spacial score (nSPS) is 22.5. The average Bonchev–Trinajstić information content (AvgIpc) is 2.88. The summed E-state index contributed by atoms with van der Waals surface area (Å²) in [4.78, 5) is 17.5. The van der Waals surface area contributed by atoms with E-state index in [1.807, 2.05) is 23.1 Å². The number of carbonyl (C=O) groups excluding carboxylic acids is 1. The number of ether oxygens (including phenoxy) is 1. The second kappa shape index (κ2) is 10.2. The molecule has 6 heteroatoms. The molecule has 3 aromatic rings. The Kier molecular flexibility index (Phi) is 6.84. The van der Waals surface area contributed by atoms with Crippen LogP contribution in [0.3, 0.4) is 0 Å². The quantitative estimate of drug-likeness (QED) is 0.589. The molecule has 0 spiro atoms. The molecule has 0 saturated carbocycles. The number of aliphatic hydroxyl groups is 1. The molecule has 2 fully saturated rings. The molecule has 0 aromatic heterocycles. The van der Waals surface area contributed by atoms with Crippen molar-refractivity contribution in [3.05, 3.63) is 89.7 Å². The van der Waals surface area contributed by atoms with Crippen molar-refractivity contribution >= 4 is 5.91 Å². The number of fused-ring (bicyclic) bond motifs is 1. The molecule has 1 amide bonds. The van der Waals surface area contributed by atoms with Crippen molar-refractivity contribution in [1.82, 2.24) is 9.80 Å². The van der Waals surface area contributed by atoms with Crippen LogP contribution in [0.25, 0.3) is 11.1 Å². The fraction of sp³-hybridized carbons (Fsp3) is 0.345. The maximum absolute atomic E-state index is 13.4. The minimum Gasteiger partial charge on any atom is -0.497 e. The van der Waals surface area contributed by atoms with E-state index in [1.54, 1.807) is 19.2 Å². The van der Waals surface area contributed by atoms with Gasteiger partial charge in [0.2, 0.25) is 0 Å². The fourth-order valence-corrected chi connectivity index (χ4v) is 5.60. The lowest BCUT2D eigenvalue weighted by Crippen LogP contribution is -2.67. The summed E-state index contributed by atoms with van der Waals surface area (Å²) in [6, 6.07) is 22.5. The molecule has 0 radical (unpaired) electrons. The van der Waals surface area contributed by atoms with Crippen LogP contribution in [0.4, 0.5) is 4.39 Å². The van der Waals surface area contributed by atoms with Crippen molar-refractivity contribution in [2.75, 3.05) is 33.4 Å². The standard InChI is InChI=1S/C29H31FN2O3/c1-35-25-6-4-5-23(17-25)20-7-9-21(10-8-20)28-26-18-31(15-2-3-16-32(26)27(28)19-33)29(34)22-11-13-24(30)14-12-22/h4-14,17,26-28,33H,2-3,15-16,18-19H2,1H3/t26-,27+,28+/m1/s1. The summed E-state index contributed by atoms with van der Waals surface area (Å²) in [6.07, 6.45) is 1.88. The minimum absolute atomic E-state index is 0.0449. The van der Waals surface area contributed by atoms with Crippen LogP contribution in [0.15, 0.2) is 72.8 Å². The molecular weight excluding hydrogens is 443 g/mol. The van der Waals surface area contributed by atoms with Gasteiger partial charge in [0, 0.05) is 36.7 Å². The molecule has 5 nitrogen and oxygen atoms in total. The lowest BCUT2D eigenvalue weighted by molar-refractivity contribution is -0.0606. The van der Waals surface area contributed by atoms with Crippen LogP contribution in [-0.2, 0) is 0 Å². The van der Waals surface area contributed by atoms with Gasteiger partial charge in [0.05, 0.1) is 13.7 Å². The van der Waals surface area contributed by atoms with E-state index in [2.05, 4.69) is 35.2 Å². The summed E-state index contributed by atoms with van der Waals surface area (Å²) in [7, 11) is 1.67. The van der Waals surface area contributed by atoms with Gasteiger partial charge < -0.3 is 14.7 Å². The molecule has 2 aliphatic rings. The summed E-state index contributed by atoms with van der Waals surface area (Å²) in [6.45, 7) is 2.29. The SMILES string of the molecule is COc1cccc(-c2ccc([C@H]3[C@H]4CN(C(=O)c5ccc(F)cc5)CCCCN4[C@H]3CO)cc2)c1. The second-order valence-corrected chi connectivity index (χ2v) is 9.40. The number of aliphatic hydroxyl groups excluding tert-OH is 1. The first-order valence-electron chi connectivity index (χ1n) is 12.2. The molecular formula is C29H31FN2O3. The molecule has 1 N–H and O–H groups in total. The highest BCUT2D eigenvalue weighted by Crippen LogP contribution is 2.42. The smallest absolute Gasteiger partial charge is 0.253 e. The summed E-state index contributed by atoms with van der Waals surface area (Å²) >= 11 is 0. The van der Waals surface area contributed by atoms with Crippen LogP contribution in [-0.4, -0.2) is 66.2 Å². The van der Waals surface area contributed by atoms with Crippen molar-refractivity contribution in [2.24, 2.45) is 0 Å². The van der Waals surface area contributed by atoms with Gasteiger partial charge in [0.1, 0.15) is 11.6 Å². The van der Waals surface area contributed by atoms with Gasteiger partial charge in [0.15, 0.2) is 0 Å². The van der Waals surface area contributed by atoms with Crippen LogP contribution in [0.1, 0.15) is 34.7 Å². The van der Waals surface area contributed by atoms with Crippen LogP contribution in [0.5, 0.6) is 5.75 Å². The third-order valence-electron chi connectivity index (χ3n) is 7.45. The average molecular weight is 475 g/mol. The molecule has 3 aromatic carbocycles. The number of hydrogen-bond acceptors (Lipinski definition) is 4. The van der Waals surface area contributed by atoms with Crippen LogP contribution in [0.2, 0.25) is 0 Å². The Hall–Kier alpha value is -3.22. The Morgan fingerprint density at radius 3 is 2.46 bits per heavy atom. The van der Waals surface area contributed by atoms with Crippen molar-refractivity contribution in [1.29, 1.82) is 0 Å². The number of hydrogen-bond donors (Lipinski definition) is 1. The van der Waals surface area contributed by atoms with E-state index in [9.17, 15) is 14.3 Å². The molecule has 5 rings (SSSR count). The zero-order valence-corrected chi connectivity index (χ0v) is 19.9. The number of halogens is 1. The van der Waals surface area contributed by atoms with Gasteiger partial charge in [-0.1, -0.05) is 36.4 Å². The van der Waals surface area contributed by atoms with Crippen molar-refractivity contribution in [3.63, 3.8) is 0 Å². The second-order valence-electron chi connectivity index (χ2n) is 9.40. The van der Waals surface area contributed by atoms with Gasteiger partial charge in [-0.2, -0.15) is 0 Å². The topological polar surface area (TPSA) is 53.0 Å². The lowest BCUT2D eigenvalue weighted by Gasteiger charge is -2.57. The Labute approximate surface area is 205 Å². The van der Waals surface area contributed by atoms with Gasteiger partial charge in [-0.15, -0.1) is 0 Å². The third-order valence-corrected chi connectivity index (χ3v) is 7.45. The Morgan fingerprint density at radius 2 is 1.74 bits per heavy atom. The van der Waals surface area contributed by atoms with E-state index in [-0.39, 0.29) is 36.3 Å². The predicted molar refractivity (Wildman–Crippen MR) is 134 cm³/mol. The Balaban J connectivity index is 1.38. The number of benzene rings is 3. The van der Waals surface area contributed by atoms with E-state index in [0.29, 0.717) is 18.7 Å². The van der Waals surface area contributed by atoms with Crippen LogP contribution < -0.4 is 4.74 Å². The number of methoxy groups -OCH3 is 1. The molecule has 2 heterocycles. The first-order chi connectivity index (χ1) is 17.1. The monoisotopic (exact) mass is 474 g/mol. The van der Waals surface area contributed by atoms with Crippen molar-refractivity contribution < 1.29 is 19.0 Å². The maximum atomic E-state index is 13.4. The van der Waals surface area contributed by atoms with E-state index >= 15 is 0 Å². The molecule has 0 unspecified atom stereocenters. The Morgan fingerprint density at radius 1 is 1.00 bits per heavy atom. The largest absolute Gasteiger partial charge is 0.497 e. The van der Waals surface area contributed by atoms with E-state index < -0.39 is 0 Å². The van der Waals surface area contributed by atoms with E-state index in [0.717, 1.165) is 36.3 Å². The summed E-state index contributed by atoms with van der Waals surface area (Å²) < 4.78 is 18.7. The molecule has 2 aliphatic heterocycles. The molecule has 182 valence electrons. The van der Waals surface area contributed by atoms with Crippen molar-refractivity contribution in [3.8, 4) is 16.9 Å². The summed E-state index contributed by atoms with van der Waals surface area (Å²) in [5.41, 5.74) is 3.88. The number of carbonyl (C=O) groups is 1. The predicted octanol–water partition coefficient (Wildman–Crippen LogP) is 4.57. The number of amides is 1. The summed E-state index contributed by atoms with van der Waals surface area (Å²) in [5, 5.41) is 10.2. The Bertz CT molecular complexity index is 1170. The van der Waals surface area contributed by atoms with Gasteiger partial charge in [-0.05, 0) is 72.5 Å². The maximum Gasteiger partial charge on any atom is 0.253 e. The highest BCUT2D eigenvalue weighted by atomic mass is 19.1. The third kappa shape index (κ3) is 4.68. The zero-order valence-electron chi connectivity index (χ0n) is 19.9. The van der Waals surface area contributed by atoms with Gasteiger partial charge in [0.25, 0.3) is 5.91 Å². The van der Waals surface area contributed by atoms with Crippen molar-refractivity contribution in [2.45, 2.75) is 30.8 Å². The molecule has 0 aliphatic carbocycles. The molecule has 2 saturated heterocycles. The number of nitrogens with zero attached hydrogens (tertiary/aromatic N) is 2. The molecule has 3 atom stereocenters. The summed E-state index contributed by atoms with van der Waals surface area (Å²) in [5.74, 6) is 0.553. The highest BCUT2D eigenvalue weighted by Gasteiger charge is 2.49. The molecule has 0 bridgehead atoms. The van der Waals surface area contributed by atoms with Gasteiger partial charge in [-0.25, -0.2) is 4.39 Å². The molecule has 35 heavy (non-hydrogen) atoms. The minimum atomic E-state index is -0.345. The number of rotatable bonds is 5. The van der Waals surface area contributed by atoms with Crippen LogP contribution >= 0.6 is 0 Å². The van der Waals surface area contributed by atoms with Crippen LogP contribution in [0, 0.1) is 5.82 Å². The van der Waals surface area contributed by atoms with E-state index in [1.165, 1.54) is 17.7 Å². The first kappa shape index (κ1) is 23.5. The first-order valence-corrected chi connectivity index (χ1v) is 12.2. The highest BCUT2D eigenvalue weighted by molar-refractivity contribution is 5.94. The fourth-order valence-electron chi connectivity index (χ4n) is 5.60. The zero-order chi connectivity index (χ0) is 24.4.